The van der Waals surface area contributed by atoms with Gasteiger partial charge in [0.05, 0.1) is 0 Å². The lowest BCUT2D eigenvalue weighted by Crippen LogP contribution is -2.41. The van der Waals surface area contributed by atoms with Crippen molar-refractivity contribution >= 4 is 11.9 Å². The molecule has 0 heterocycles. The van der Waals surface area contributed by atoms with Crippen molar-refractivity contribution in [2.45, 2.75) is 26.0 Å². The number of nitrogens with one attached hydrogen (secondary N) is 1. The molecule has 0 spiro atoms. The fraction of sp³-hybridized carbons (Fsp3) is 0.300. The minimum atomic E-state index is -1.10. The van der Waals surface area contributed by atoms with Crippen LogP contribution in [0.25, 0.3) is 0 Å². The molecular formula is C20H23NO5. The van der Waals surface area contributed by atoms with Crippen LogP contribution in [0, 0.1) is 6.92 Å². The van der Waals surface area contributed by atoms with Crippen molar-refractivity contribution in [3.05, 3.63) is 65.2 Å². The van der Waals surface area contributed by atoms with Gasteiger partial charge in [-0.05, 0) is 30.7 Å². The molecular weight excluding hydrogens is 334 g/mol. The van der Waals surface area contributed by atoms with E-state index < -0.39 is 17.9 Å². The zero-order valence-electron chi connectivity index (χ0n) is 14.9. The molecule has 1 atom stereocenters. The van der Waals surface area contributed by atoms with Gasteiger partial charge >= 0.3 is 5.97 Å². The Kier molecular flexibility index (Phi) is 7.17. The third-order valence-electron chi connectivity index (χ3n) is 3.80. The van der Waals surface area contributed by atoms with Crippen LogP contribution in [0.15, 0.2) is 48.5 Å². The van der Waals surface area contributed by atoms with E-state index in [1.807, 2.05) is 31.2 Å². The number of amides is 1. The van der Waals surface area contributed by atoms with Gasteiger partial charge in [-0.25, -0.2) is 4.79 Å². The Morgan fingerprint density at radius 2 is 1.92 bits per heavy atom. The summed E-state index contributed by atoms with van der Waals surface area (Å²) in [7, 11) is 1.48. The van der Waals surface area contributed by atoms with Crippen molar-refractivity contribution in [1.82, 2.24) is 5.32 Å². The highest BCUT2D eigenvalue weighted by Gasteiger charge is 2.20. The van der Waals surface area contributed by atoms with E-state index in [-0.39, 0.29) is 13.0 Å². The zero-order valence-corrected chi connectivity index (χ0v) is 14.9. The molecule has 6 nitrogen and oxygen atoms in total. The number of hydrogen-bond acceptors (Lipinski definition) is 4. The molecule has 0 bridgehead atoms. The zero-order chi connectivity index (χ0) is 18.9. The molecule has 0 radical (unpaired) electrons. The van der Waals surface area contributed by atoms with Crippen LogP contribution in [0.4, 0.5) is 0 Å². The maximum atomic E-state index is 12.3. The highest BCUT2D eigenvalue weighted by Crippen LogP contribution is 2.16. The highest BCUT2D eigenvalue weighted by molar-refractivity contribution is 5.96. The standard InChI is InChI=1S/C20H23NO5/c1-14-5-3-6-15(11-14)13-26-17-8-4-7-16(12-17)19(22)21-18(20(23)24)9-10-25-2/h3-8,11-12,18H,9-10,13H2,1-2H3,(H,21,22)(H,23,24). The predicted octanol–water partition coefficient (Wildman–Crippen LogP) is 2.79. The summed E-state index contributed by atoms with van der Waals surface area (Å²) in [5, 5.41) is 11.7. The van der Waals surface area contributed by atoms with Gasteiger partial charge in [0.2, 0.25) is 0 Å². The molecule has 26 heavy (non-hydrogen) atoms. The Bertz CT molecular complexity index is 759. The quantitative estimate of drug-likeness (QED) is 0.721. The van der Waals surface area contributed by atoms with Gasteiger partial charge in [-0.3, -0.25) is 4.79 Å². The molecule has 0 fully saturated rings. The third-order valence-corrected chi connectivity index (χ3v) is 3.80. The molecule has 2 aromatic carbocycles. The molecule has 0 saturated carbocycles. The lowest BCUT2D eigenvalue weighted by molar-refractivity contribution is -0.139. The second-order valence-corrected chi connectivity index (χ2v) is 5.95. The number of benzene rings is 2. The first-order chi connectivity index (χ1) is 12.5. The summed E-state index contributed by atoms with van der Waals surface area (Å²) < 4.78 is 10.6. The number of carboxylic acid groups (broad SMARTS) is 1. The van der Waals surface area contributed by atoms with E-state index in [2.05, 4.69) is 5.32 Å². The van der Waals surface area contributed by atoms with E-state index in [0.717, 1.165) is 11.1 Å². The first-order valence-electron chi connectivity index (χ1n) is 8.30. The molecule has 0 aliphatic rings. The van der Waals surface area contributed by atoms with Gasteiger partial charge in [0.1, 0.15) is 18.4 Å². The van der Waals surface area contributed by atoms with Crippen LogP contribution in [0.2, 0.25) is 0 Å². The van der Waals surface area contributed by atoms with Crippen molar-refractivity contribution in [2.75, 3.05) is 13.7 Å². The summed E-state index contributed by atoms with van der Waals surface area (Å²) in [5.74, 6) is -1.01. The van der Waals surface area contributed by atoms with Crippen molar-refractivity contribution in [1.29, 1.82) is 0 Å². The normalized spacial score (nSPS) is 11.6. The molecule has 0 saturated heterocycles. The van der Waals surface area contributed by atoms with E-state index in [4.69, 9.17) is 9.47 Å². The number of carboxylic acids is 1. The largest absolute Gasteiger partial charge is 0.489 e. The van der Waals surface area contributed by atoms with E-state index in [1.54, 1.807) is 24.3 Å². The molecule has 2 aromatic rings. The summed E-state index contributed by atoms with van der Waals surface area (Å²) in [4.78, 5) is 23.6. The minimum absolute atomic E-state index is 0.196. The minimum Gasteiger partial charge on any atom is -0.489 e. The molecule has 0 aromatic heterocycles. The van der Waals surface area contributed by atoms with Crippen LogP contribution in [0.3, 0.4) is 0 Å². The van der Waals surface area contributed by atoms with Gasteiger partial charge in [-0.15, -0.1) is 0 Å². The van der Waals surface area contributed by atoms with Crippen molar-refractivity contribution in [3.8, 4) is 5.75 Å². The molecule has 2 rings (SSSR count). The van der Waals surface area contributed by atoms with E-state index in [9.17, 15) is 14.7 Å². The monoisotopic (exact) mass is 357 g/mol. The van der Waals surface area contributed by atoms with Crippen LogP contribution < -0.4 is 10.1 Å². The molecule has 0 aliphatic carbocycles. The van der Waals surface area contributed by atoms with Crippen molar-refractivity contribution in [2.24, 2.45) is 0 Å². The van der Waals surface area contributed by atoms with E-state index in [1.165, 1.54) is 7.11 Å². The van der Waals surface area contributed by atoms with Gasteiger partial charge in [0.15, 0.2) is 0 Å². The van der Waals surface area contributed by atoms with Crippen LogP contribution in [0.5, 0.6) is 5.75 Å². The summed E-state index contributed by atoms with van der Waals surface area (Å²) in [6.07, 6.45) is 0.196. The highest BCUT2D eigenvalue weighted by atomic mass is 16.5. The van der Waals surface area contributed by atoms with Crippen molar-refractivity contribution in [3.63, 3.8) is 0 Å². The van der Waals surface area contributed by atoms with Crippen LogP contribution in [-0.4, -0.2) is 36.7 Å². The summed E-state index contributed by atoms with van der Waals surface area (Å²) in [6.45, 7) is 2.64. The molecule has 0 aliphatic heterocycles. The molecule has 138 valence electrons. The maximum Gasteiger partial charge on any atom is 0.326 e. The second kappa shape index (κ2) is 9.58. The number of aryl methyl sites for hydroxylation is 1. The van der Waals surface area contributed by atoms with Gasteiger partial charge in [0.25, 0.3) is 5.91 Å². The maximum absolute atomic E-state index is 12.3. The average molecular weight is 357 g/mol. The number of ether oxygens (including phenoxy) is 2. The lowest BCUT2D eigenvalue weighted by Gasteiger charge is -2.14. The number of rotatable bonds is 9. The van der Waals surface area contributed by atoms with Gasteiger partial charge in [0, 0.05) is 25.7 Å². The fourth-order valence-electron chi connectivity index (χ4n) is 2.43. The lowest BCUT2D eigenvalue weighted by atomic mass is 10.1. The van der Waals surface area contributed by atoms with Gasteiger partial charge in [-0.2, -0.15) is 0 Å². The fourth-order valence-corrected chi connectivity index (χ4v) is 2.43. The summed E-state index contributed by atoms with van der Waals surface area (Å²) in [5.41, 5.74) is 2.52. The first-order valence-corrected chi connectivity index (χ1v) is 8.30. The Morgan fingerprint density at radius 3 is 2.62 bits per heavy atom. The molecule has 6 heteroatoms. The molecule has 2 N–H and O–H groups in total. The Balaban J connectivity index is 2.00. The molecule has 1 unspecified atom stereocenters. The number of hydrogen-bond donors (Lipinski definition) is 2. The SMILES string of the molecule is COCCC(NC(=O)c1cccc(OCc2cccc(C)c2)c1)C(=O)O. The summed E-state index contributed by atoms with van der Waals surface area (Å²) >= 11 is 0. The Morgan fingerprint density at radius 1 is 1.15 bits per heavy atom. The molecule has 1 amide bonds. The first kappa shape index (κ1) is 19.5. The number of carbonyl (C=O) groups excluding carboxylic acids is 1. The van der Waals surface area contributed by atoms with Gasteiger partial charge < -0.3 is 19.9 Å². The van der Waals surface area contributed by atoms with Crippen molar-refractivity contribution < 1.29 is 24.2 Å². The van der Waals surface area contributed by atoms with E-state index >= 15 is 0 Å². The Hall–Kier alpha value is -2.86. The average Bonchev–Trinajstić information content (AvgIpc) is 2.63. The second-order valence-electron chi connectivity index (χ2n) is 5.95. The topological polar surface area (TPSA) is 84.9 Å². The smallest absolute Gasteiger partial charge is 0.326 e. The van der Waals surface area contributed by atoms with Crippen LogP contribution in [0.1, 0.15) is 27.9 Å². The number of methoxy groups -OCH3 is 1. The predicted molar refractivity (Wildman–Crippen MR) is 97.3 cm³/mol. The summed E-state index contributed by atoms with van der Waals surface area (Å²) in [6, 6.07) is 13.6. The van der Waals surface area contributed by atoms with Crippen LogP contribution in [-0.2, 0) is 16.1 Å². The van der Waals surface area contributed by atoms with E-state index in [0.29, 0.717) is 17.9 Å². The third kappa shape index (κ3) is 5.89. The van der Waals surface area contributed by atoms with Crippen LogP contribution >= 0.6 is 0 Å². The number of carbonyl (C=O) groups is 2. The van der Waals surface area contributed by atoms with Gasteiger partial charge in [-0.1, -0.05) is 35.9 Å². The number of aliphatic carboxylic acids is 1. The Labute approximate surface area is 152 Å².